The molecular formula is C13H15Cl2N3O. The number of alkyl halides is 2. The third kappa shape index (κ3) is 2.65. The maximum atomic E-state index is 12.1. The molecule has 1 aliphatic heterocycles. The molecule has 1 atom stereocenters. The molecule has 1 aliphatic carbocycles. The van der Waals surface area contributed by atoms with Gasteiger partial charge in [0.1, 0.15) is 4.33 Å². The first kappa shape index (κ1) is 13.0. The van der Waals surface area contributed by atoms with Crippen molar-refractivity contribution in [2.75, 3.05) is 31.1 Å². The Morgan fingerprint density at radius 2 is 1.79 bits per heavy atom. The summed E-state index contributed by atoms with van der Waals surface area (Å²) >= 11 is 11.9. The predicted octanol–water partition coefficient (Wildman–Crippen LogP) is 1.92. The van der Waals surface area contributed by atoms with Gasteiger partial charge in [0.15, 0.2) is 0 Å². The first-order valence-electron chi connectivity index (χ1n) is 6.39. The van der Waals surface area contributed by atoms with Crippen molar-refractivity contribution >= 4 is 34.8 Å². The normalized spacial score (nSPS) is 25.3. The predicted molar refractivity (Wildman–Crippen MR) is 75.6 cm³/mol. The van der Waals surface area contributed by atoms with E-state index in [1.807, 2.05) is 17.0 Å². The summed E-state index contributed by atoms with van der Waals surface area (Å²) in [5.74, 6) is -0.109. The number of piperazine rings is 1. The van der Waals surface area contributed by atoms with Crippen LogP contribution in [0, 0.1) is 5.92 Å². The molecule has 1 amide bonds. The maximum Gasteiger partial charge on any atom is 0.228 e. The minimum absolute atomic E-state index is 0.0966. The van der Waals surface area contributed by atoms with Crippen LogP contribution in [0.15, 0.2) is 24.5 Å². The van der Waals surface area contributed by atoms with Crippen LogP contribution in [0.5, 0.6) is 0 Å². The van der Waals surface area contributed by atoms with Crippen LogP contribution in [0.2, 0.25) is 0 Å². The van der Waals surface area contributed by atoms with E-state index in [1.165, 1.54) is 0 Å². The van der Waals surface area contributed by atoms with Crippen molar-refractivity contribution in [3.05, 3.63) is 24.5 Å². The summed E-state index contributed by atoms with van der Waals surface area (Å²) in [6, 6.07) is 3.97. The van der Waals surface area contributed by atoms with Crippen molar-refractivity contribution in [2.45, 2.75) is 10.8 Å². The topological polar surface area (TPSA) is 36.4 Å². The maximum absolute atomic E-state index is 12.1. The van der Waals surface area contributed by atoms with Gasteiger partial charge in [-0.25, -0.2) is 0 Å². The quantitative estimate of drug-likeness (QED) is 0.783. The smallest absolute Gasteiger partial charge is 0.228 e. The van der Waals surface area contributed by atoms with E-state index in [0.29, 0.717) is 6.42 Å². The third-order valence-corrected chi connectivity index (χ3v) is 4.58. The van der Waals surface area contributed by atoms with E-state index < -0.39 is 4.33 Å². The Labute approximate surface area is 122 Å². The zero-order chi connectivity index (χ0) is 13.5. The monoisotopic (exact) mass is 299 g/mol. The summed E-state index contributed by atoms with van der Waals surface area (Å²) < 4.78 is -0.820. The largest absolute Gasteiger partial charge is 0.368 e. The molecule has 0 radical (unpaired) electrons. The lowest BCUT2D eigenvalue weighted by Gasteiger charge is -2.36. The number of nitrogens with zero attached hydrogens (tertiary/aromatic N) is 3. The fraction of sp³-hybridized carbons (Fsp3) is 0.538. The number of aromatic nitrogens is 1. The zero-order valence-electron chi connectivity index (χ0n) is 10.4. The van der Waals surface area contributed by atoms with Gasteiger partial charge in [0.2, 0.25) is 5.91 Å². The summed E-state index contributed by atoms with van der Waals surface area (Å²) in [5, 5.41) is 0. The summed E-state index contributed by atoms with van der Waals surface area (Å²) in [6.45, 7) is 3.11. The van der Waals surface area contributed by atoms with Gasteiger partial charge in [-0.1, -0.05) is 0 Å². The van der Waals surface area contributed by atoms with E-state index in [4.69, 9.17) is 23.2 Å². The Morgan fingerprint density at radius 3 is 2.32 bits per heavy atom. The third-order valence-electron chi connectivity index (χ3n) is 3.74. The van der Waals surface area contributed by atoms with E-state index in [2.05, 4.69) is 9.88 Å². The van der Waals surface area contributed by atoms with Crippen LogP contribution in [0.3, 0.4) is 0 Å². The van der Waals surface area contributed by atoms with E-state index >= 15 is 0 Å². The molecule has 2 heterocycles. The molecule has 0 spiro atoms. The Bertz CT molecular complexity index is 472. The van der Waals surface area contributed by atoms with Gasteiger partial charge in [0, 0.05) is 44.3 Å². The number of pyridine rings is 1. The van der Waals surface area contributed by atoms with Crippen molar-refractivity contribution < 1.29 is 4.79 Å². The number of carbonyl (C=O) groups excluding carboxylic acids is 1. The number of hydrogen-bond acceptors (Lipinski definition) is 3. The number of amides is 1. The Morgan fingerprint density at radius 1 is 1.21 bits per heavy atom. The molecule has 1 unspecified atom stereocenters. The van der Waals surface area contributed by atoms with Gasteiger partial charge in [-0.2, -0.15) is 0 Å². The SMILES string of the molecule is O=C(C1CC1(Cl)Cl)N1CCN(c2ccncc2)CC1. The summed E-state index contributed by atoms with van der Waals surface area (Å²) in [4.78, 5) is 20.3. The average Bonchev–Trinajstić information content (AvgIpc) is 3.08. The number of rotatable bonds is 2. The summed E-state index contributed by atoms with van der Waals surface area (Å²) in [5.41, 5.74) is 1.15. The molecule has 4 nitrogen and oxygen atoms in total. The molecule has 2 fully saturated rings. The first-order chi connectivity index (χ1) is 9.08. The van der Waals surface area contributed by atoms with Crippen molar-refractivity contribution in [3.8, 4) is 0 Å². The van der Waals surface area contributed by atoms with Gasteiger partial charge in [-0.3, -0.25) is 9.78 Å². The van der Waals surface area contributed by atoms with Gasteiger partial charge in [-0.05, 0) is 18.6 Å². The van der Waals surface area contributed by atoms with Gasteiger partial charge < -0.3 is 9.80 Å². The first-order valence-corrected chi connectivity index (χ1v) is 7.15. The molecule has 1 aromatic rings. The van der Waals surface area contributed by atoms with Crippen LogP contribution < -0.4 is 4.90 Å². The highest BCUT2D eigenvalue weighted by molar-refractivity contribution is 6.52. The van der Waals surface area contributed by atoms with Crippen molar-refractivity contribution in [1.82, 2.24) is 9.88 Å². The zero-order valence-corrected chi connectivity index (χ0v) is 11.9. The standard InChI is InChI=1S/C13H15Cl2N3O/c14-13(15)9-11(13)12(19)18-7-5-17(6-8-18)10-1-3-16-4-2-10/h1-4,11H,5-9H2. The van der Waals surface area contributed by atoms with E-state index in [0.717, 1.165) is 31.9 Å². The second kappa shape index (κ2) is 4.84. The summed E-state index contributed by atoms with van der Waals surface area (Å²) in [6.07, 6.45) is 4.15. The lowest BCUT2D eigenvalue weighted by atomic mass is 10.2. The lowest BCUT2D eigenvalue weighted by molar-refractivity contribution is -0.132. The van der Waals surface area contributed by atoms with Gasteiger partial charge in [0.05, 0.1) is 5.92 Å². The second-order valence-corrected chi connectivity index (χ2v) is 6.58. The number of hydrogen-bond donors (Lipinski definition) is 0. The highest BCUT2D eigenvalue weighted by Crippen LogP contribution is 2.53. The molecule has 6 heteroatoms. The van der Waals surface area contributed by atoms with E-state index in [-0.39, 0.29) is 11.8 Å². The minimum atomic E-state index is -0.820. The molecule has 19 heavy (non-hydrogen) atoms. The van der Waals surface area contributed by atoms with Gasteiger partial charge in [0.25, 0.3) is 0 Å². The number of carbonyl (C=O) groups is 1. The van der Waals surface area contributed by atoms with Crippen LogP contribution in [0.25, 0.3) is 0 Å². The minimum Gasteiger partial charge on any atom is -0.368 e. The molecule has 0 aromatic carbocycles. The highest BCUT2D eigenvalue weighted by Gasteiger charge is 2.57. The van der Waals surface area contributed by atoms with Gasteiger partial charge >= 0.3 is 0 Å². The average molecular weight is 300 g/mol. The fourth-order valence-corrected chi connectivity index (χ4v) is 2.94. The van der Waals surface area contributed by atoms with Crippen molar-refractivity contribution in [3.63, 3.8) is 0 Å². The van der Waals surface area contributed by atoms with Crippen molar-refractivity contribution in [2.24, 2.45) is 5.92 Å². The van der Waals surface area contributed by atoms with Crippen LogP contribution in [0.4, 0.5) is 5.69 Å². The molecular weight excluding hydrogens is 285 g/mol. The van der Waals surface area contributed by atoms with Crippen LogP contribution >= 0.6 is 23.2 Å². The number of halogens is 2. The van der Waals surface area contributed by atoms with Gasteiger partial charge in [-0.15, -0.1) is 23.2 Å². The summed E-state index contributed by atoms with van der Waals surface area (Å²) in [7, 11) is 0. The van der Waals surface area contributed by atoms with Crippen LogP contribution in [-0.4, -0.2) is 46.3 Å². The second-order valence-electron chi connectivity index (χ2n) is 5.04. The molecule has 0 N–H and O–H groups in total. The van der Waals surface area contributed by atoms with Crippen LogP contribution in [0.1, 0.15) is 6.42 Å². The number of anilines is 1. The molecule has 1 saturated heterocycles. The molecule has 2 aliphatic rings. The molecule has 102 valence electrons. The fourth-order valence-electron chi connectivity index (χ4n) is 2.44. The molecule has 1 saturated carbocycles. The Balaban J connectivity index is 1.57. The Kier molecular flexibility index (Phi) is 3.31. The highest BCUT2D eigenvalue weighted by atomic mass is 35.5. The Hall–Kier alpha value is -1.00. The molecule has 3 rings (SSSR count). The molecule has 0 bridgehead atoms. The van der Waals surface area contributed by atoms with E-state index in [9.17, 15) is 4.79 Å². The molecule has 1 aromatic heterocycles. The van der Waals surface area contributed by atoms with E-state index in [1.54, 1.807) is 12.4 Å². The van der Waals surface area contributed by atoms with Crippen LogP contribution in [-0.2, 0) is 4.79 Å². The lowest BCUT2D eigenvalue weighted by Crippen LogP contribution is -2.49. The van der Waals surface area contributed by atoms with Crippen molar-refractivity contribution in [1.29, 1.82) is 0 Å².